The summed E-state index contributed by atoms with van der Waals surface area (Å²) in [7, 11) is 5.41. The highest BCUT2D eigenvalue weighted by Gasteiger charge is 2.11. The van der Waals surface area contributed by atoms with Crippen LogP contribution in [0.2, 0.25) is 0 Å². The lowest BCUT2D eigenvalue weighted by Crippen LogP contribution is -2.34. The van der Waals surface area contributed by atoms with Gasteiger partial charge in [0, 0.05) is 31.9 Å². The summed E-state index contributed by atoms with van der Waals surface area (Å²) < 4.78 is 5.57. The number of benzene rings is 1. The Morgan fingerprint density at radius 2 is 2.00 bits per heavy atom. The molecule has 1 rings (SSSR count). The SMILES string of the molecule is CCOc1ccc(N)cc1CN(C)CC(=O)N(C)C. The van der Waals surface area contributed by atoms with Crippen LogP contribution in [0.4, 0.5) is 5.69 Å². The number of carbonyl (C=O) groups excluding carboxylic acids is 1. The number of ether oxygens (including phenoxy) is 1. The molecular weight excluding hydrogens is 242 g/mol. The summed E-state index contributed by atoms with van der Waals surface area (Å²) in [6.45, 7) is 3.55. The second-order valence-corrected chi connectivity index (χ2v) is 4.76. The monoisotopic (exact) mass is 265 g/mol. The first-order valence-corrected chi connectivity index (χ1v) is 6.34. The maximum Gasteiger partial charge on any atom is 0.236 e. The largest absolute Gasteiger partial charge is 0.494 e. The summed E-state index contributed by atoms with van der Waals surface area (Å²) >= 11 is 0. The fraction of sp³-hybridized carbons (Fsp3) is 0.500. The molecule has 5 heteroatoms. The zero-order valence-electron chi connectivity index (χ0n) is 12.1. The molecule has 0 fully saturated rings. The van der Waals surface area contributed by atoms with Crippen LogP contribution in [0.1, 0.15) is 12.5 Å². The third-order valence-electron chi connectivity index (χ3n) is 2.73. The molecule has 106 valence electrons. The van der Waals surface area contributed by atoms with Gasteiger partial charge in [0.25, 0.3) is 0 Å². The average molecular weight is 265 g/mol. The highest BCUT2D eigenvalue weighted by molar-refractivity contribution is 5.77. The third-order valence-corrected chi connectivity index (χ3v) is 2.73. The molecule has 0 atom stereocenters. The van der Waals surface area contributed by atoms with E-state index in [-0.39, 0.29) is 5.91 Å². The Bertz CT molecular complexity index is 433. The summed E-state index contributed by atoms with van der Waals surface area (Å²) in [5.41, 5.74) is 7.50. The first-order chi connectivity index (χ1) is 8.93. The van der Waals surface area contributed by atoms with Gasteiger partial charge in [0.2, 0.25) is 5.91 Å². The molecule has 0 bridgehead atoms. The topological polar surface area (TPSA) is 58.8 Å². The summed E-state index contributed by atoms with van der Waals surface area (Å²) in [4.78, 5) is 15.2. The lowest BCUT2D eigenvalue weighted by atomic mass is 10.1. The number of likely N-dealkylation sites (N-methyl/N-ethyl adjacent to an activating group) is 2. The van der Waals surface area contributed by atoms with Crippen molar-refractivity contribution in [3.63, 3.8) is 0 Å². The molecule has 0 aromatic heterocycles. The summed E-state index contributed by atoms with van der Waals surface area (Å²) in [6.07, 6.45) is 0. The van der Waals surface area contributed by atoms with E-state index in [2.05, 4.69) is 0 Å². The third kappa shape index (κ3) is 4.79. The minimum absolute atomic E-state index is 0.0735. The number of nitrogen functional groups attached to an aromatic ring is 1. The van der Waals surface area contributed by atoms with Crippen LogP contribution in [0.25, 0.3) is 0 Å². The molecule has 0 saturated heterocycles. The first-order valence-electron chi connectivity index (χ1n) is 6.34. The normalized spacial score (nSPS) is 10.6. The van der Waals surface area contributed by atoms with Gasteiger partial charge in [-0.2, -0.15) is 0 Å². The predicted octanol–water partition coefficient (Wildman–Crippen LogP) is 1.19. The van der Waals surface area contributed by atoms with Gasteiger partial charge in [-0.25, -0.2) is 0 Å². The number of hydrogen-bond acceptors (Lipinski definition) is 4. The van der Waals surface area contributed by atoms with Crippen molar-refractivity contribution in [1.29, 1.82) is 0 Å². The van der Waals surface area contributed by atoms with E-state index < -0.39 is 0 Å². The number of anilines is 1. The van der Waals surface area contributed by atoms with Crippen molar-refractivity contribution in [2.75, 3.05) is 40.0 Å². The van der Waals surface area contributed by atoms with Crippen LogP contribution in [0, 0.1) is 0 Å². The van der Waals surface area contributed by atoms with E-state index in [0.29, 0.717) is 25.4 Å². The van der Waals surface area contributed by atoms with Crippen LogP contribution in [0.5, 0.6) is 5.75 Å². The minimum atomic E-state index is 0.0735. The molecule has 0 aliphatic rings. The van der Waals surface area contributed by atoms with Gasteiger partial charge in [-0.3, -0.25) is 9.69 Å². The Balaban J connectivity index is 2.74. The van der Waals surface area contributed by atoms with Crippen LogP contribution in [0.15, 0.2) is 18.2 Å². The van der Waals surface area contributed by atoms with Crippen LogP contribution >= 0.6 is 0 Å². The lowest BCUT2D eigenvalue weighted by Gasteiger charge is -2.20. The van der Waals surface area contributed by atoms with Gasteiger partial charge in [0.1, 0.15) is 5.75 Å². The number of nitrogens with zero attached hydrogens (tertiary/aromatic N) is 2. The number of rotatable bonds is 6. The number of hydrogen-bond donors (Lipinski definition) is 1. The molecule has 2 N–H and O–H groups in total. The zero-order chi connectivity index (χ0) is 14.4. The van der Waals surface area contributed by atoms with Crippen molar-refractivity contribution in [2.45, 2.75) is 13.5 Å². The molecule has 0 heterocycles. The molecule has 0 radical (unpaired) electrons. The van der Waals surface area contributed by atoms with Crippen LogP contribution in [-0.4, -0.2) is 50.0 Å². The molecule has 1 aromatic carbocycles. The Morgan fingerprint density at radius 3 is 2.58 bits per heavy atom. The Kier molecular flexibility index (Phi) is 5.63. The molecule has 1 aromatic rings. The average Bonchev–Trinajstić information content (AvgIpc) is 2.32. The van der Waals surface area contributed by atoms with Gasteiger partial charge >= 0.3 is 0 Å². The maximum absolute atomic E-state index is 11.6. The van der Waals surface area contributed by atoms with E-state index in [1.165, 1.54) is 0 Å². The van der Waals surface area contributed by atoms with E-state index in [0.717, 1.165) is 11.3 Å². The van der Waals surface area contributed by atoms with Gasteiger partial charge in [-0.15, -0.1) is 0 Å². The number of carbonyl (C=O) groups is 1. The van der Waals surface area contributed by atoms with Gasteiger partial charge in [0.05, 0.1) is 13.2 Å². The lowest BCUT2D eigenvalue weighted by molar-refractivity contribution is -0.129. The Labute approximate surface area is 114 Å². The zero-order valence-corrected chi connectivity index (χ0v) is 12.1. The second-order valence-electron chi connectivity index (χ2n) is 4.76. The summed E-state index contributed by atoms with van der Waals surface area (Å²) in [5.74, 6) is 0.894. The van der Waals surface area contributed by atoms with Crippen molar-refractivity contribution in [2.24, 2.45) is 0 Å². The fourth-order valence-corrected chi connectivity index (χ4v) is 1.74. The predicted molar refractivity (Wildman–Crippen MR) is 77.1 cm³/mol. The Hall–Kier alpha value is -1.75. The van der Waals surface area contributed by atoms with E-state index in [1.807, 2.05) is 37.1 Å². The molecular formula is C14H23N3O2. The molecule has 19 heavy (non-hydrogen) atoms. The van der Waals surface area contributed by atoms with Crippen molar-refractivity contribution in [1.82, 2.24) is 9.80 Å². The number of amides is 1. The minimum Gasteiger partial charge on any atom is -0.494 e. The van der Waals surface area contributed by atoms with E-state index in [1.54, 1.807) is 19.0 Å². The molecule has 0 aliphatic carbocycles. The van der Waals surface area contributed by atoms with Gasteiger partial charge < -0.3 is 15.4 Å². The summed E-state index contributed by atoms with van der Waals surface area (Å²) in [6, 6.07) is 5.58. The van der Waals surface area contributed by atoms with Crippen molar-refractivity contribution in [3.8, 4) is 5.75 Å². The smallest absolute Gasteiger partial charge is 0.236 e. The van der Waals surface area contributed by atoms with Crippen LogP contribution in [-0.2, 0) is 11.3 Å². The van der Waals surface area contributed by atoms with Crippen molar-refractivity contribution >= 4 is 11.6 Å². The highest BCUT2D eigenvalue weighted by Crippen LogP contribution is 2.22. The highest BCUT2D eigenvalue weighted by atomic mass is 16.5. The molecule has 0 aliphatic heterocycles. The van der Waals surface area contributed by atoms with Crippen molar-refractivity contribution in [3.05, 3.63) is 23.8 Å². The quantitative estimate of drug-likeness (QED) is 0.785. The second kappa shape index (κ2) is 6.99. The van der Waals surface area contributed by atoms with Gasteiger partial charge in [0.15, 0.2) is 0 Å². The van der Waals surface area contributed by atoms with Crippen LogP contribution < -0.4 is 10.5 Å². The van der Waals surface area contributed by atoms with E-state index in [4.69, 9.17) is 10.5 Å². The van der Waals surface area contributed by atoms with Crippen LogP contribution in [0.3, 0.4) is 0 Å². The molecule has 0 unspecified atom stereocenters. The maximum atomic E-state index is 11.6. The van der Waals surface area contributed by atoms with Crippen molar-refractivity contribution < 1.29 is 9.53 Å². The first kappa shape index (κ1) is 15.3. The molecule has 5 nitrogen and oxygen atoms in total. The molecule has 1 amide bonds. The van der Waals surface area contributed by atoms with Gasteiger partial charge in [-0.1, -0.05) is 0 Å². The molecule has 0 saturated carbocycles. The fourth-order valence-electron chi connectivity index (χ4n) is 1.74. The molecule has 0 spiro atoms. The Morgan fingerprint density at radius 1 is 1.32 bits per heavy atom. The van der Waals surface area contributed by atoms with E-state index in [9.17, 15) is 4.79 Å². The van der Waals surface area contributed by atoms with Gasteiger partial charge in [-0.05, 0) is 32.2 Å². The standard InChI is InChI=1S/C14H23N3O2/c1-5-19-13-7-6-12(15)8-11(13)9-17(4)10-14(18)16(2)3/h6-8H,5,9-10,15H2,1-4H3. The number of nitrogens with two attached hydrogens (primary N) is 1. The summed E-state index contributed by atoms with van der Waals surface area (Å²) in [5, 5.41) is 0. The van der Waals surface area contributed by atoms with E-state index >= 15 is 0 Å².